The van der Waals surface area contributed by atoms with Gasteiger partial charge in [0.15, 0.2) is 0 Å². The van der Waals surface area contributed by atoms with Gasteiger partial charge in [-0.2, -0.15) is 8.42 Å². The lowest BCUT2D eigenvalue weighted by Gasteiger charge is -2.00. The van der Waals surface area contributed by atoms with Crippen molar-refractivity contribution >= 4 is 48.9 Å². The molecule has 13 heteroatoms. The van der Waals surface area contributed by atoms with Crippen molar-refractivity contribution in [3.63, 3.8) is 0 Å². The Morgan fingerprint density at radius 1 is 1.04 bits per heavy atom. The summed E-state index contributed by atoms with van der Waals surface area (Å²) in [6.45, 7) is 1.29. The molecule has 0 aliphatic heterocycles. The number of aromatic nitrogens is 4. The summed E-state index contributed by atoms with van der Waals surface area (Å²) in [6.07, 6.45) is 0. The number of hydrogen-bond acceptors (Lipinski definition) is 10. The standard InChI is InChI=1S/C13H12N6O4S3/c1-7(20)14-11-16-18-13(25-11)26(21,22)19-12-17-15-10(24-12)8-3-5-9(23-2)6-4-8/h3-6H,1-2H3,(H,17,19)(H,14,16,20). The Labute approximate surface area is 156 Å². The summed E-state index contributed by atoms with van der Waals surface area (Å²) in [5, 5.41) is 18.1. The summed E-state index contributed by atoms with van der Waals surface area (Å²) in [7, 11) is -2.41. The zero-order chi connectivity index (χ0) is 18.7. The van der Waals surface area contributed by atoms with Gasteiger partial charge in [-0.15, -0.1) is 20.4 Å². The number of benzene rings is 1. The fourth-order valence-corrected chi connectivity index (χ4v) is 4.72. The Kier molecular flexibility index (Phi) is 5.11. The van der Waals surface area contributed by atoms with E-state index >= 15 is 0 Å². The third-order valence-electron chi connectivity index (χ3n) is 2.90. The Balaban J connectivity index is 1.76. The fourth-order valence-electron chi connectivity index (χ4n) is 1.79. The number of nitrogens with one attached hydrogen (secondary N) is 2. The number of anilines is 2. The van der Waals surface area contributed by atoms with Gasteiger partial charge < -0.3 is 10.1 Å². The van der Waals surface area contributed by atoms with Crippen LogP contribution in [-0.4, -0.2) is 41.8 Å². The predicted molar refractivity (Wildman–Crippen MR) is 96.9 cm³/mol. The van der Waals surface area contributed by atoms with Crippen LogP contribution in [0, 0.1) is 0 Å². The number of ether oxygens (including phenoxy) is 1. The maximum absolute atomic E-state index is 12.3. The van der Waals surface area contributed by atoms with Crippen LogP contribution < -0.4 is 14.8 Å². The predicted octanol–water partition coefficient (Wildman–Crippen LogP) is 1.82. The Hall–Kier alpha value is -2.64. The number of carbonyl (C=O) groups excluding carboxylic acids is 1. The molecule has 0 radical (unpaired) electrons. The second-order valence-electron chi connectivity index (χ2n) is 4.80. The lowest BCUT2D eigenvalue weighted by molar-refractivity contribution is -0.114. The number of rotatable bonds is 6. The molecule has 0 aliphatic carbocycles. The highest BCUT2D eigenvalue weighted by Crippen LogP contribution is 2.29. The zero-order valence-electron chi connectivity index (χ0n) is 13.5. The van der Waals surface area contributed by atoms with Crippen molar-refractivity contribution in [1.29, 1.82) is 0 Å². The second-order valence-corrected chi connectivity index (χ2v) is 8.61. The van der Waals surface area contributed by atoms with E-state index < -0.39 is 10.0 Å². The van der Waals surface area contributed by atoms with Crippen LogP contribution in [-0.2, 0) is 14.8 Å². The molecule has 1 amide bonds. The van der Waals surface area contributed by atoms with Gasteiger partial charge in [-0.1, -0.05) is 22.7 Å². The zero-order valence-corrected chi connectivity index (χ0v) is 15.9. The van der Waals surface area contributed by atoms with E-state index in [2.05, 4.69) is 30.4 Å². The smallest absolute Gasteiger partial charge is 0.293 e. The average molecular weight is 412 g/mol. The number of amides is 1. The summed E-state index contributed by atoms with van der Waals surface area (Å²) in [5.74, 6) is 0.330. The molecule has 0 aliphatic rings. The van der Waals surface area contributed by atoms with Gasteiger partial charge in [0.2, 0.25) is 16.2 Å². The first-order valence-electron chi connectivity index (χ1n) is 6.99. The normalized spacial score (nSPS) is 11.2. The van der Waals surface area contributed by atoms with Crippen molar-refractivity contribution in [3.8, 4) is 16.3 Å². The summed E-state index contributed by atoms with van der Waals surface area (Å²) in [5.41, 5.74) is 0.776. The highest BCUT2D eigenvalue weighted by Gasteiger charge is 2.22. The molecule has 3 rings (SSSR count). The van der Waals surface area contributed by atoms with Crippen molar-refractivity contribution in [3.05, 3.63) is 24.3 Å². The van der Waals surface area contributed by atoms with E-state index in [1.165, 1.54) is 6.92 Å². The third kappa shape index (κ3) is 4.12. The molecule has 0 atom stereocenters. The largest absolute Gasteiger partial charge is 0.497 e. The van der Waals surface area contributed by atoms with Crippen molar-refractivity contribution < 1.29 is 17.9 Å². The number of sulfonamides is 1. The highest BCUT2D eigenvalue weighted by molar-refractivity contribution is 7.94. The quantitative estimate of drug-likeness (QED) is 0.585. The van der Waals surface area contributed by atoms with Gasteiger partial charge in [-0.3, -0.25) is 9.52 Å². The fraction of sp³-hybridized carbons (Fsp3) is 0.154. The topological polar surface area (TPSA) is 136 Å². The van der Waals surface area contributed by atoms with Crippen LogP contribution in [0.25, 0.3) is 10.6 Å². The molecule has 26 heavy (non-hydrogen) atoms. The molecular formula is C13H12N6O4S3. The van der Waals surface area contributed by atoms with Gasteiger partial charge in [0.05, 0.1) is 7.11 Å². The van der Waals surface area contributed by atoms with Gasteiger partial charge in [0.1, 0.15) is 10.8 Å². The van der Waals surface area contributed by atoms with Crippen LogP contribution in [0.5, 0.6) is 5.75 Å². The van der Waals surface area contributed by atoms with Crippen LogP contribution in [0.4, 0.5) is 10.3 Å². The number of hydrogen-bond donors (Lipinski definition) is 2. The van der Waals surface area contributed by atoms with E-state index in [0.717, 1.165) is 28.2 Å². The van der Waals surface area contributed by atoms with E-state index in [1.807, 2.05) is 0 Å². The summed E-state index contributed by atoms with van der Waals surface area (Å²) in [6, 6.07) is 7.13. The van der Waals surface area contributed by atoms with E-state index in [9.17, 15) is 13.2 Å². The molecule has 2 aromatic heterocycles. The molecule has 0 unspecified atom stereocenters. The van der Waals surface area contributed by atoms with Gasteiger partial charge in [-0.25, -0.2) is 0 Å². The lowest BCUT2D eigenvalue weighted by atomic mass is 10.2. The molecule has 0 bridgehead atoms. The van der Waals surface area contributed by atoms with E-state index in [0.29, 0.717) is 10.8 Å². The summed E-state index contributed by atoms with van der Waals surface area (Å²) >= 11 is 1.80. The van der Waals surface area contributed by atoms with Gasteiger partial charge in [0.25, 0.3) is 14.4 Å². The second kappa shape index (κ2) is 7.31. The van der Waals surface area contributed by atoms with Gasteiger partial charge >= 0.3 is 0 Å². The number of nitrogens with zero attached hydrogens (tertiary/aromatic N) is 4. The van der Waals surface area contributed by atoms with E-state index in [4.69, 9.17) is 4.74 Å². The number of carbonyl (C=O) groups is 1. The Bertz CT molecular complexity index is 1030. The lowest BCUT2D eigenvalue weighted by Crippen LogP contribution is -2.12. The van der Waals surface area contributed by atoms with Crippen LogP contribution in [0.3, 0.4) is 0 Å². The van der Waals surface area contributed by atoms with Crippen LogP contribution >= 0.6 is 22.7 Å². The van der Waals surface area contributed by atoms with Crippen molar-refractivity contribution in [2.75, 3.05) is 17.1 Å². The maximum Gasteiger partial charge on any atom is 0.293 e. The molecule has 2 heterocycles. The SMILES string of the molecule is COc1ccc(-c2nnc(NS(=O)(=O)c3nnc(NC(C)=O)s3)s2)cc1. The Morgan fingerprint density at radius 2 is 1.73 bits per heavy atom. The van der Waals surface area contributed by atoms with Crippen molar-refractivity contribution in [2.24, 2.45) is 0 Å². The molecule has 2 N–H and O–H groups in total. The first kappa shape index (κ1) is 18.2. The number of methoxy groups -OCH3 is 1. The first-order valence-corrected chi connectivity index (χ1v) is 10.1. The molecule has 1 aromatic carbocycles. The summed E-state index contributed by atoms with van der Waals surface area (Å²) in [4.78, 5) is 11.0. The average Bonchev–Trinajstić information content (AvgIpc) is 3.24. The van der Waals surface area contributed by atoms with E-state index in [-0.39, 0.29) is 20.5 Å². The minimum atomic E-state index is -3.98. The molecule has 3 aromatic rings. The molecule has 0 saturated carbocycles. The molecular weight excluding hydrogens is 400 g/mol. The molecule has 136 valence electrons. The van der Waals surface area contributed by atoms with E-state index in [1.54, 1.807) is 31.4 Å². The van der Waals surface area contributed by atoms with Crippen molar-refractivity contribution in [1.82, 2.24) is 20.4 Å². The van der Waals surface area contributed by atoms with Gasteiger partial charge in [0, 0.05) is 12.5 Å². The van der Waals surface area contributed by atoms with Crippen LogP contribution in [0.1, 0.15) is 6.92 Å². The maximum atomic E-state index is 12.3. The summed E-state index contributed by atoms with van der Waals surface area (Å²) < 4.78 is 31.8. The van der Waals surface area contributed by atoms with Gasteiger partial charge in [-0.05, 0) is 24.3 Å². The van der Waals surface area contributed by atoms with Crippen LogP contribution in [0.15, 0.2) is 28.6 Å². The van der Waals surface area contributed by atoms with Crippen LogP contribution in [0.2, 0.25) is 0 Å². The monoisotopic (exact) mass is 412 g/mol. The first-order chi connectivity index (χ1) is 12.4. The highest BCUT2D eigenvalue weighted by atomic mass is 32.2. The minimum absolute atomic E-state index is 0.0899. The molecule has 0 spiro atoms. The molecule has 0 fully saturated rings. The van der Waals surface area contributed by atoms with Crippen molar-refractivity contribution in [2.45, 2.75) is 11.3 Å². The third-order valence-corrected chi connectivity index (χ3v) is 6.47. The Morgan fingerprint density at radius 3 is 2.38 bits per heavy atom. The molecule has 0 saturated heterocycles. The molecule has 10 nitrogen and oxygen atoms in total. The minimum Gasteiger partial charge on any atom is -0.497 e.